The summed E-state index contributed by atoms with van der Waals surface area (Å²) in [6.07, 6.45) is 0.502. The lowest BCUT2D eigenvalue weighted by Crippen LogP contribution is -2.37. The Labute approximate surface area is 149 Å². The first kappa shape index (κ1) is 18.8. The van der Waals surface area contributed by atoms with Crippen molar-refractivity contribution in [2.75, 3.05) is 33.5 Å². The van der Waals surface area contributed by atoms with Crippen LogP contribution in [0.5, 0.6) is 5.75 Å². The maximum absolute atomic E-state index is 11.9. The molecule has 9 heteroatoms. The van der Waals surface area contributed by atoms with Gasteiger partial charge in [-0.2, -0.15) is 0 Å². The topological polar surface area (TPSA) is 97.6 Å². The van der Waals surface area contributed by atoms with Crippen molar-refractivity contribution in [3.63, 3.8) is 0 Å². The molecule has 0 fully saturated rings. The van der Waals surface area contributed by atoms with Crippen molar-refractivity contribution >= 4 is 23.6 Å². The summed E-state index contributed by atoms with van der Waals surface area (Å²) in [4.78, 5) is 24.6. The predicted octanol–water partition coefficient (Wildman–Crippen LogP) is 0.966. The van der Waals surface area contributed by atoms with Gasteiger partial charge in [0.2, 0.25) is 17.7 Å². The van der Waals surface area contributed by atoms with Crippen LogP contribution in [0.3, 0.4) is 0 Å². The number of aromatic nitrogens is 2. The van der Waals surface area contributed by atoms with E-state index in [0.717, 1.165) is 23.1 Å². The molecule has 0 bridgehead atoms. The molecule has 1 aromatic heterocycles. The van der Waals surface area contributed by atoms with Crippen LogP contribution in [0, 0.1) is 0 Å². The minimum absolute atomic E-state index is 0.0163. The Bertz CT molecular complexity index is 717. The molecule has 2 rings (SSSR count). The quantitative estimate of drug-likeness (QED) is 0.697. The van der Waals surface area contributed by atoms with E-state index < -0.39 is 0 Å². The van der Waals surface area contributed by atoms with Crippen LogP contribution in [0.1, 0.15) is 11.5 Å². The molecule has 0 aliphatic rings. The van der Waals surface area contributed by atoms with Crippen molar-refractivity contribution in [3.05, 3.63) is 35.7 Å². The van der Waals surface area contributed by atoms with Crippen molar-refractivity contribution in [2.24, 2.45) is 0 Å². The summed E-state index contributed by atoms with van der Waals surface area (Å²) >= 11 is 1.15. The van der Waals surface area contributed by atoms with Gasteiger partial charge >= 0.3 is 0 Å². The van der Waals surface area contributed by atoms with E-state index in [2.05, 4.69) is 15.5 Å². The van der Waals surface area contributed by atoms with Crippen molar-refractivity contribution < 1.29 is 18.7 Å². The molecular formula is C16H20N4O4S. The van der Waals surface area contributed by atoms with Gasteiger partial charge in [-0.3, -0.25) is 9.59 Å². The second-order valence-corrected chi connectivity index (χ2v) is 6.12. The molecule has 1 aromatic carbocycles. The third-order valence-electron chi connectivity index (χ3n) is 3.37. The van der Waals surface area contributed by atoms with Gasteiger partial charge in [-0.1, -0.05) is 23.9 Å². The fourth-order valence-corrected chi connectivity index (χ4v) is 2.62. The minimum atomic E-state index is -0.222. The highest BCUT2D eigenvalue weighted by Crippen LogP contribution is 2.19. The number of ether oxygens (including phenoxy) is 1. The van der Waals surface area contributed by atoms with Gasteiger partial charge in [-0.05, 0) is 17.7 Å². The maximum Gasteiger partial charge on any atom is 0.277 e. The summed E-state index contributed by atoms with van der Waals surface area (Å²) < 4.78 is 10.6. The normalized spacial score (nSPS) is 10.4. The molecule has 0 aliphatic carbocycles. The third-order valence-corrected chi connectivity index (χ3v) is 4.17. The Morgan fingerprint density at radius 1 is 1.28 bits per heavy atom. The lowest BCUT2D eigenvalue weighted by Gasteiger charge is -2.14. The second-order valence-electron chi connectivity index (χ2n) is 5.20. The number of benzene rings is 1. The zero-order valence-electron chi connectivity index (χ0n) is 14.3. The first-order valence-corrected chi connectivity index (χ1v) is 8.53. The first-order chi connectivity index (χ1) is 12.0. The molecule has 0 saturated heterocycles. The van der Waals surface area contributed by atoms with Crippen LogP contribution in [0.15, 0.2) is 33.9 Å². The van der Waals surface area contributed by atoms with Crippen LogP contribution in [0.2, 0.25) is 0 Å². The Balaban J connectivity index is 1.84. The molecule has 134 valence electrons. The number of likely N-dealkylation sites (N-methyl/N-ethyl adjacent to an activating group) is 2. The standard InChI is InChI=1S/C16H20N4O4S/c1-17-13(21)9-20(2)15(22)10-25-16-19-18-14(24-16)8-11-4-6-12(23-3)7-5-11/h4-7H,8-10H2,1-3H3,(H,17,21). The van der Waals surface area contributed by atoms with E-state index in [-0.39, 0.29) is 24.1 Å². The number of rotatable bonds is 8. The van der Waals surface area contributed by atoms with Gasteiger partial charge in [0.05, 0.1) is 25.8 Å². The van der Waals surface area contributed by atoms with E-state index in [4.69, 9.17) is 9.15 Å². The summed E-state index contributed by atoms with van der Waals surface area (Å²) in [5.74, 6) is 0.963. The van der Waals surface area contributed by atoms with Crippen LogP contribution in [-0.2, 0) is 16.0 Å². The third kappa shape index (κ3) is 5.79. The van der Waals surface area contributed by atoms with E-state index in [1.165, 1.54) is 11.9 Å². The van der Waals surface area contributed by atoms with E-state index >= 15 is 0 Å². The maximum atomic E-state index is 11.9. The van der Waals surface area contributed by atoms with Crippen molar-refractivity contribution in [2.45, 2.75) is 11.6 Å². The molecule has 1 N–H and O–H groups in total. The smallest absolute Gasteiger partial charge is 0.277 e. The van der Waals surface area contributed by atoms with Gasteiger partial charge in [-0.15, -0.1) is 10.2 Å². The predicted molar refractivity (Wildman–Crippen MR) is 92.5 cm³/mol. The number of methoxy groups -OCH3 is 1. The molecule has 2 amide bonds. The van der Waals surface area contributed by atoms with Crippen LogP contribution in [0.4, 0.5) is 0 Å². The highest BCUT2D eigenvalue weighted by atomic mass is 32.2. The number of hydrogen-bond acceptors (Lipinski definition) is 7. The van der Waals surface area contributed by atoms with Gasteiger partial charge in [-0.25, -0.2) is 0 Å². The summed E-state index contributed by atoms with van der Waals surface area (Å²) in [5.41, 5.74) is 1.02. The zero-order chi connectivity index (χ0) is 18.2. The lowest BCUT2D eigenvalue weighted by atomic mass is 10.1. The Morgan fingerprint density at radius 2 is 2.00 bits per heavy atom. The minimum Gasteiger partial charge on any atom is -0.497 e. The number of nitrogens with one attached hydrogen (secondary N) is 1. The summed E-state index contributed by atoms with van der Waals surface area (Å²) in [6, 6.07) is 7.57. The van der Waals surface area contributed by atoms with Gasteiger partial charge in [0, 0.05) is 14.1 Å². The average Bonchev–Trinajstić information content (AvgIpc) is 3.07. The molecule has 8 nitrogen and oxygen atoms in total. The molecule has 2 aromatic rings. The Kier molecular flexibility index (Phi) is 6.81. The molecule has 0 atom stereocenters. The van der Waals surface area contributed by atoms with E-state index in [0.29, 0.717) is 17.5 Å². The number of nitrogens with zero attached hydrogens (tertiary/aromatic N) is 3. The lowest BCUT2D eigenvalue weighted by molar-refractivity contribution is -0.132. The summed E-state index contributed by atoms with van der Waals surface area (Å²) in [6.45, 7) is 0.0163. The summed E-state index contributed by atoms with van der Waals surface area (Å²) in [7, 11) is 4.71. The number of thioether (sulfide) groups is 1. The zero-order valence-corrected chi connectivity index (χ0v) is 15.1. The molecule has 0 aliphatic heterocycles. The second kappa shape index (κ2) is 9.07. The number of carbonyl (C=O) groups is 2. The van der Waals surface area contributed by atoms with Crippen LogP contribution >= 0.6 is 11.8 Å². The number of hydrogen-bond donors (Lipinski definition) is 1. The van der Waals surface area contributed by atoms with Gasteiger partial charge in [0.15, 0.2) is 0 Å². The highest BCUT2D eigenvalue weighted by Gasteiger charge is 2.15. The highest BCUT2D eigenvalue weighted by molar-refractivity contribution is 7.99. The SMILES string of the molecule is CNC(=O)CN(C)C(=O)CSc1nnc(Cc2ccc(OC)cc2)o1. The van der Waals surface area contributed by atoms with Crippen LogP contribution in [-0.4, -0.2) is 60.4 Å². The monoisotopic (exact) mass is 364 g/mol. The first-order valence-electron chi connectivity index (χ1n) is 7.54. The van der Waals surface area contributed by atoms with Crippen LogP contribution < -0.4 is 10.1 Å². The molecular weight excluding hydrogens is 344 g/mol. The van der Waals surface area contributed by atoms with Gasteiger partial charge < -0.3 is 19.4 Å². The average molecular weight is 364 g/mol. The van der Waals surface area contributed by atoms with E-state index in [1.807, 2.05) is 24.3 Å². The number of amides is 2. The van der Waals surface area contributed by atoms with Crippen molar-refractivity contribution in [3.8, 4) is 5.75 Å². The van der Waals surface area contributed by atoms with Crippen molar-refractivity contribution in [1.29, 1.82) is 0 Å². The fourth-order valence-electron chi connectivity index (χ4n) is 1.90. The molecule has 0 spiro atoms. The molecule has 25 heavy (non-hydrogen) atoms. The molecule has 0 unspecified atom stereocenters. The van der Waals surface area contributed by atoms with Crippen molar-refractivity contribution in [1.82, 2.24) is 20.4 Å². The largest absolute Gasteiger partial charge is 0.497 e. The van der Waals surface area contributed by atoms with Gasteiger partial charge in [0.25, 0.3) is 5.22 Å². The molecule has 0 radical (unpaired) electrons. The fraction of sp³-hybridized carbons (Fsp3) is 0.375. The Hall–Kier alpha value is -2.55. The van der Waals surface area contributed by atoms with Gasteiger partial charge in [0.1, 0.15) is 5.75 Å². The molecule has 1 heterocycles. The Morgan fingerprint density at radius 3 is 2.64 bits per heavy atom. The van der Waals surface area contributed by atoms with Crippen LogP contribution in [0.25, 0.3) is 0 Å². The van der Waals surface area contributed by atoms with E-state index in [1.54, 1.807) is 14.2 Å². The van der Waals surface area contributed by atoms with E-state index in [9.17, 15) is 9.59 Å². The molecule has 0 saturated carbocycles. The number of carbonyl (C=O) groups excluding carboxylic acids is 2. The summed E-state index contributed by atoms with van der Waals surface area (Å²) in [5, 5.41) is 10.7.